The van der Waals surface area contributed by atoms with Gasteiger partial charge < -0.3 is 0 Å². The topological polar surface area (TPSA) is 0 Å². The molecule has 0 unspecified atom stereocenters. The third kappa shape index (κ3) is 8.07. The zero-order valence-corrected chi connectivity index (χ0v) is 46.4. The third-order valence-corrected chi connectivity index (χ3v) is 17.6. The Morgan fingerprint density at radius 2 is 0.384 bits per heavy atom. The first kappa shape index (κ1) is 55.8. The van der Waals surface area contributed by atoms with Crippen LogP contribution >= 0.6 is 0 Å². The SMILES string of the molecule is [B]c1c([B])c([B])c2c(-c3cccc4ccccc34)c3c([B])c([B])c([B])c([B])c3c(-c3cccc(-c4cccc5c(-c6cccc(-c7c8c([B])c([B])c([B])c([B])c8c(-c8cccc9ccccc89)c8c([B])c([B])c([B])c([B])c78)c6)cccc45)c3)c2c1[B]. The van der Waals surface area contributed by atoms with Gasteiger partial charge in [0, 0.05) is 0 Å². The maximum atomic E-state index is 7.20. The highest BCUT2D eigenvalue weighted by Crippen LogP contribution is 2.46. The van der Waals surface area contributed by atoms with Gasteiger partial charge in [0.05, 0.1) is 0 Å². The van der Waals surface area contributed by atoms with Crippen LogP contribution in [0, 0.1) is 0 Å². The number of hydrogen-bond acceptors (Lipinski definition) is 0. The molecule has 0 aromatic heterocycles. The lowest BCUT2D eigenvalue weighted by Crippen LogP contribution is -2.50. The highest BCUT2D eigenvalue weighted by Gasteiger charge is 2.28. The Morgan fingerprint density at radius 1 is 0.163 bits per heavy atom. The Labute approximate surface area is 521 Å². The molecule has 0 nitrogen and oxygen atoms in total. The molecule has 16 heteroatoms. The van der Waals surface area contributed by atoms with Gasteiger partial charge >= 0.3 is 0 Å². The molecule has 0 fully saturated rings. The van der Waals surface area contributed by atoms with Gasteiger partial charge in [0.15, 0.2) is 0 Å². The summed E-state index contributed by atoms with van der Waals surface area (Å²) in [5.41, 5.74) is 11.8. The molecule has 14 aromatic rings. The first-order chi connectivity index (χ1) is 41.4. The van der Waals surface area contributed by atoms with E-state index in [9.17, 15) is 0 Å². The van der Waals surface area contributed by atoms with E-state index in [1.165, 1.54) is 0 Å². The molecular weight excluding hydrogens is 1010 g/mol. The van der Waals surface area contributed by atoms with E-state index in [1.54, 1.807) is 0 Å². The monoisotopic (exact) mass is 1040 g/mol. The summed E-state index contributed by atoms with van der Waals surface area (Å²) in [6, 6.07) is 56.6. The Kier molecular flexibility index (Phi) is 13.5. The van der Waals surface area contributed by atoms with Crippen LogP contribution in [0.15, 0.2) is 170 Å². The molecule has 86 heavy (non-hydrogen) atoms. The molecule has 0 N–H and O–H groups in total. The van der Waals surface area contributed by atoms with E-state index in [4.69, 9.17) is 126 Å². The van der Waals surface area contributed by atoms with Gasteiger partial charge in [-0.1, -0.05) is 201 Å². The molecule has 0 saturated heterocycles. The van der Waals surface area contributed by atoms with Crippen LogP contribution in [-0.2, 0) is 0 Å². The lowest BCUT2D eigenvalue weighted by molar-refractivity contribution is 1.62. The van der Waals surface area contributed by atoms with Crippen LogP contribution in [0.4, 0.5) is 0 Å². The molecular formula is C70H28B16. The molecule has 0 bridgehead atoms. The van der Waals surface area contributed by atoms with Crippen LogP contribution in [0.5, 0.6) is 0 Å². The molecule has 0 heterocycles. The van der Waals surface area contributed by atoms with Crippen molar-refractivity contribution in [1.82, 2.24) is 0 Å². The van der Waals surface area contributed by atoms with Gasteiger partial charge in [0.25, 0.3) is 0 Å². The Balaban J connectivity index is 1.00. The normalized spacial score (nSPS) is 11.8. The van der Waals surface area contributed by atoms with Crippen LogP contribution in [0.3, 0.4) is 0 Å². The number of fused-ring (bicyclic) bond motifs is 7. The van der Waals surface area contributed by atoms with Crippen molar-refractivity contribution >= 4 is 288 Å². The smallest absolute Gasteiger partial charge is 0.110 e. The predicted octanol–water partition coefficient (Wildman–Crippen LogP) is 0.462. The number of hydrogen-bond donors (Lipinski definition) is 0. The maximum absolute atomic E-state index is 7.20. The molecule has 14 rings (SSSR count). The summed E-state index contributed by atoms with van der Waals surface area (Å²) >= 11 is 0. The summed E-state index contributed by atoms with van der Waals surface area (Å²) in [5, 5.41) is 9.90. The summed E-state index contributed by atoms with van der Waals surface area (Å²) < 4.78 is 0. The summed E-state index contributed by atoms with van der Waals surface area (Å²) in [6.45, 7) is 0. The van der Waals surface area contributed by atoms with Gasteiger partial charge in [-0.05, 0) is 154 Å². The van der Waals surface area contributed by atoms with E-state index in [0.717, 1.165) is 65.7 Å². The minimum Gasteiger partial charge on any atom is -0.110 e. The van der Waals surface area contributed by atoms with E-state index in [2.05, 4.69) is 48.5 Å². The fourth-order valence-electron chi connectivity index (χ4n) is 13.4. The summed E-state index contributed by atoms with van der Waals surface area (Å²) in [4.78, 5) is 0. The van der Waals surface area contributed by atoms with Gasteiger partial charge in [0.2, 0.25) is 0 Å². The lowest BCUT2D eigenvalue weighted by Gasteiger charge is -2.29. The van der Waals surface area contributed by atoms with Gasteiger partial charge in [-0.2, -0.15) is 0 Å². The average Bonchev–Trinajstić information content (AvgIpc) is 0.717. The van der Waals surface area contributed by atoms with Crippen molar-refractivity contribution in [3.05, 3.63) is 170 Å². The standard InChI is InChI=1S/C70H28B16/c71-55-47-43(48-52(60(76)68(84)64(80)56(48)72)45(51(47)59(75)67(83)63(55)79)41-25-7-13-29-11-1-3-19-35(29)41)33-17-5-15-31(27-33)37-21-9-24-40-38(22-10-23-39(37)40)32-16-6-18-34(28-32)44-49-53(61(77)69(85)65(81)57(49)73)46(42-26-8-14-30-12-2-4-20-36(30)42)54-50(44)58(74)66(82)70(86)62(54)78/h1-28H. The molecule has 0 spiro atoms. The van der Waals surface area contributed by atoms with Crippen LogP contribution in [0.2, 0.25) is 0 Å². The van der Waals surface area contributed by atoms with E-state index in [0.29, 0.717) is 76.5 Å². The van der Waals surface area contributed by atoms with Crippen molar-refractivity contribution in [1.29, 1.82) is 0 Å². The molecule has 32 radical (unpaired) electrons. The molecule has 0 saturated carbocycles. The molecule has 0 aliphatic carbocycles. The quantitative estimate of drug-likeness (QED) is 0.168. The second kappa shape index (κ2) is 20.8. The highest BCUT2D eigenvalue weighted by atomic mass is 14.3. The zero-order chi connectivity index (χ0) is 60.0. The first-order valence-corrected chi connectivity index (χ1v) is 27.6. The van der Waals surface area contributed by atoms with Crippen LogP contribution in [-0.4, -0.2) is 126 Å². The van der Waals surface area contributed by atoms with Crippen LogP contribution in [0.1, 0.15) is 0 Å². The van der Waals surface area contributed by atoms with Crippen molar-refractivity contribution in [2.24, 2.45) is 0 Å². The molecule has 14 aromatic carbocycles. The van der Waals surface area contributed by atoms with Gasteiger partial charge in [-0.15, -0.1) is 43.7 Å². The molecule has 0 amide bonds. The van der Waals surface area contributed by atoms with Crippen molar-refractivity contribution in [3.8, 4) is 66.8 Å². The predicted molar refractivity (Wildman–Crippen MR) is 388 cm³/mol. The minimum absolute atomic E-state index is 0.124. The molecule has 0 atom stereocenters. The lowest BCUT2D eigenvalue weighted by atomic mass is 9.59. The zero-order valence-electron chi connectivity index (χ0n) is 46.4. The summed E-state index contributed by atoms with van der Waals surface area (Å²) in [6.07, 6.45) is 0. The van der Waals surface area contributed by atoms with Crippen molar-refractivity contribution in [2.45, 2.75) is 0 Å². The van der Waals surface area contributed by atoms with E-state index < -0.39 is 0 Å². The fraction of sp³-hybridized carbons (Fsp3) is 0. The number of rotatable bonds is 6. The van der Waals surface area contributed by atoms with E-state index >= 15 is 0 Å². The minimum atomic E-state index is 0.124. The van der Waals surface area contributed by atoms with Gasteiger partial charge in [-0.25, -0.2) is 0 Å². The second-order valence-corrected chi connectivity index (χ2v) is 22.0. The maximum Gasteiger partial charge on any atom is 0.113 e. The average molecular weight is 1040 g/mol. The largest absolute Gasteiger partial charge is 0.113 e. The Morgan fingerprint density at radius 3 is 0.698 bits per heavy atom. The molecule has 0 aliphatic rings. The number of benzene rings is 14. The van der Waals surface area contributed by atoms with Crippen molar-refractivity contribution in [3.63, 3.8) is 0 Å². The fourth-order valence-corrected chi connectivity index (χ4v) is 13.4. The Bertz CT molecular complexity index is 4880. The third-order valence-electron chi connectivity index (χ3n) is 17.6. The van der Waals surface area contributed by atoms with Gasteiger partial charge in [0.1, 0.15) is 126 Å². The van der Waals surface area contributed by atoms with Crippen LogP contribution < -0.4 is 87.4 Å². The van der Waals surface area contributed by atoms with Gasteiger partial charge in [-0.3, -0.25) is 0 Å². The second-order valence-electron chi connectivity index (χ2n) is 22.0. The van der Waals surface area contributed by atoms with Crippen molar-refractivity contribution < 1.29 is 0 Å². The van der Waals surface area contributed by atoms with Crippen LogP contribution in [0.25, 0.3) is 142 Å². The van der Waals surface area contributed by atoms with E-state index in [-0.39, 0.29) is 87.4 Å². The highest BCUT2D eigenvalue weighted by molar-refractivity contribution is 6.73. The van der Waals surface area contributed by atoms with Crippen molar-refractivity contribution in [2.75, 3.05) is 0 Å². The first-order valence-electron chi connectivity index (χ1n) is 27.6. The summed E-state index contributed by atoms with van der Waals surface area (Å²) in [5.74, 6) is 0. The molecule has 356 valence electrons. The molecule has 0 aliphatic heterocycles. The Hall–Kier alpha value is -8.06. The summed E-state index contributed by atoms with van der Waals surface area (Å²) in [7, 11) is 112. The van der Waals surface area contributed by atoms with E-state index in [1.807, 2.05) is 121 Å².